The summed E-state index contributed by atoms with van der Waals surface area (Å²) in [5.41, 5.74) is 7.58. The number of ketones is 1. The predicted molar refractivity (Wildman–Crippen MR) is 141 cm³/mol. The summed E-state index contributed by atoms with van der Waals surface area (Å²) >= 11 is 0. The lowest BCUT2D eigenvalue weighted by Crippen LogP contribution is -2.36. The number of rotatable bonds is 11. The molecule has 0 aliphatic heterocycles. The van der Waals surface area contributed by atoms with E-state index in [2.05, 4.69) is 20.7 Å². The van der Waals surface area contributed by atoms with Crippen LogP contribution in [-0.2, 0) is 16.0 Å². The van der Waals surface area contributed by atoms with Gasteiger partial charge in [-0.2, -0.15) is 0 Å². The smallest absolute Gasteiger partial charge is 0.337 e. The Hall–Kier alpha value is -4.64. The molecule has 0 aliphatic carbocycles. The summed E-state index contributed by atoms with van der Waals surface area (Å²) in [6.07, 6.45) is -0.437. The molecule has 5 N–H and O–H groups in total. The number of esters is 1. The molecule has 3 aromatic carbocycles. The van der Waals surface area contributed by atoms with Crippen molar-refractivity contribution in [3.8, 4) is 11.5 Å². The molecule has 1 atom stereocenters. The van der Waals surface area contributed by atoms with E-state index in [1.165, 1.54) is 44.6 Å². The second-order valence-corrected chi connectivity index (χ2v) is 8.19. The zero-order valence-electron chi connectivity index (χ0n) is 21.2. The van der Waals surface area contributed by atoms with E-state index in [-0.39, 0.29) is 30.1 Å². The Kier molecular flexibility index (Phi) is 9.60. The zero-order valence-corrected chi connectivity index (χ0v) is 21.2. The predicted octanol–water partition coefficient (Wildman–Crippen LogP) is 3.97. The van der Waals surface area contributed by atoms with E-state index >= 15 is 0 Å². The van der Waals surface area contributed by atoms with Crippen molar-refractivity contribution >= 4 is 34.8 Å². The minimum Gasteiger partial charge on any atom is -0.495 e. The van der Waals surface area contributed by atoms with Gasteiger partial charge < -0.3 is 30.6 Å². The maximum absolute atomic E-state index is 13.8. The van der Waals surface area contributed by atoms with Gasteiger partial charge >= 0.3 is 12.0 Å². The number of halogens is 1. The normalized spacial score (nSPS) is 11.3. The topological polar surface area (TPSA) is 141 Å². The molecule has 3 rings (SSSR count). The van der Waals surface area contributed by atoms with Crippen molar-refractivity contribution in [2.24, 2.45) is 0 Å². The Labute approximate surface area is 219 Å². The van der Waals surface area contributed by atoms with E-state index in [0.29, 0.717) is 28.3 Å². The molecule has 0 spiro atoms. The number of methoxy groups -OCH3 is 2. The van der Waals surface area contributed by atoms with Crippen LogP contribution in [0.1, 0.15) is 22.8 Å². The number of urea groups is 1. The minimum absolute atomic E-state index is 0.0225. The first-order valence-corrected chi connectivity index (χ1v) is 11.6. The number of carbonyl (C=O) groups excluding carboxylic acids is 3. The van der Waals surface area contributed by atoms with E-state index in [9.17, 15) is 18.8 Å². The van der Waals surface area contributed by atoms with Gasteiger partial charge in [0.05, 0.1) is 43.4 Å². The fourth-order valence-electron chi connectivity index (χ4n) is 3.47. The fourth-order valence-corrected chi connectivity index (χ4v) is 3.47. The summed E-state index contributed by atoms with van der Waals surface area (Å²) in [4.78, 5) is 36.4. The highest BCUT2D eigenvalue weighted by atomic mass is 19.1. The monoisotopic (exact) mass is 524 g/mol. The number of benzene rings is 3. The first-order chi connectivity index (χ1) is 18.2. The van der Waals surface area contributed by atoms with Gasteiger partial charge in [-0.1, -0.05) is 18.2 Å². The summed E-state index contributed by atoms with van der Waals surface area (Å²) in [5.74, 6) is -0.482. The fraction of sp³-hybridized carbons (Fsp3) is 0.222. The highest BCUT2D eigenvalue weighted by Crippen LogP contribution is 2.27. The Morgan fingerprint density at radius 1 is 0.947 bits per heavy atom. The van der Waals surface area contributed by atoms with Crippen molar-refractivity contribution in [1.82, 2.24) is 5.32 Å². The largest absolute Gasteiger partial charge is 0.495 e. The lowest BCUT2D eigenvalue weighted by molar-refractivity contribution is -0.118. The van der Waals surface area contributed by atoms with Crippen molar-refractivity contribution in [2.45, 2.75) is 19.6 Å². The average Bonchev–Trinajstić information content (AvgIpc) is 2.90. The van der Waals surface area contributed by atoms with Crippen LogP contribution in [0.2, 0.25) is 0 Å². The van der Waals surface area contributed by atoms with E-state index in [1.807, 2.05) is 0 Å². The number of Topliss-reactive ketones (excluding diaryl/α,β-unsaturated/α-hetero) is 1. The van der Waals surface area contributed by atoms with E-state index in [4.69, 9.17) is 15.2 Å². The van der Waals surface area contributed by atoms with Crippen LogP contribution in [0, 0.1) is 5.82 Å². The third-order valence-corrected chi connectivity index (χ3v) is 5.36. The molecule has 1 unspecified atom stereocenters. The van der Waals surface area contributed by atoms with Crippen LogP contribution < -0.4 is 31.2 Å². The summed E-state index contributed by atoms with van der Waals surface area (Å²) in [6.45, 7) is 1.74. The van der Waals surface area contributed by atoms with Crippen LogP contribution in [0.15, 0.2) is 60.7 Å². The van der Waals surface area contributed by atoms with Crippen LogP contribution in [0.5, 0.6) is 11.5 Å². The number of amides is 2. The number of anilines is 3. The highest BCUT2D eigenvalue weighted by molar-refractivity contribution is 6.00. The van der Waals surface area contributed by atoms with Crippen LogP contribution in [0.4, 0.5) is 26.2 Å². The second-order valence-electron chi connectivity index (χ2n) is 8.19. The maximum atomic E-state index is 13.8. The lowest BCUT2D eigenvalue weighted by atomic mass is 10.1. The molecule has 200 valence electrons. The molecular weight excluding hydrogens is 495 g/mol. The van der Waals surface area contributed by atoms with Gasteiger partial charge in [0.2, 0.25) is 0 Å². The van der Waals surface area contributed by atoms with E-state index in [1.54, 1.807) is 37.3 Å². The summed E-state index contributed by atoms with van der Waals surface area (Å²) < 4.78 is 29.5. The molecule has 38 heavy (non-hydrogen) atoms. The number of para-hydroxylation sites is 1. The van der Waals surface area contributed by atoms with Gasteiger partial charge in [-0.3, -0.25) is 10.1 Å². The van der Waals surface area contributed by atoms with Crippen molar-refractivity contribution < 1.29 is 33.0 Å². The molecule has 3 aromatic rings. The molecule has 10 nitrogen and oxygen atoms in total. The summed E-state index contributed by atoms with van der Waals surface area (Å²) in [5, 5.41) is 8.01. The third kappa shape index (κ3) is 7.68. The number of nitrogens with two attached hydrogens (primary N) is 1. The summed E-state index contributed by atoms with van der Waals surface area (Å²) in [7, 11) is 2.72. The Bertz CT molecular complexity index is 1320. The molecule has 0 aliphatic rings. The lowest BCUT2D eigenvalue weighted by Gasteiger charge is -2.17. The SMILES string of the molecule is COC(=O)c1ccc(OC(C)NCC(=O)Cc2ccc(NC(=O)Nc3ccccc3F)c(OC)c2)c(N)c1. The van der Waals surface area contributed by atoms with Crippen LogP contribution in [0.25, 0.3) is 0 Å². The number of carbonyl (C=O) groups is 3. The summed E-state index contributed by atoms with van der Waals surface area (Å²) in [6, 6.07) is 14.6. The van der Waals surface area contributed by atoms with Crippen LogP contribution >= 0.6 is 0 Å². The zero-order chi connectivity index (χ0) is 27.7. The molecule has 0 radical (unpaired) electrons. The van der Waals surface area contributed by atoms with Gasteiger partial charge in [-0.25, -0.2) is 14.0 Å². The van der Waals surface area contributed by atoms with E-state index < -0.39 is 24.0 Å². The number of ether oxygens (including phenoxy) is 3. The van der Waals surface area contributed by atoms with Gasteiger partial charge in [0.15, 0.2) is 5.78 Å². The van der Waals surface area contributed by atoms with Gasteiger partial charge in [0.1, 0.15) is 23.5 Å². The highest BCUT2D eigenvalue weighted by Gasteiger charge is 2.14. The molecule has 2 amide bonds. The Morgan fingerprint density at radius 3 is 2.37 bits per heavy atom. The van der Waals surface area contributed by atoms with Crippen molar-refractivity contribution in [1.29, 1.82) is 0 Å². The first-order valence-electron chi connectivity index (χ1n) is 11.6. The molecular formula is C27H29FN4O6. The molecule has 11 heteroatoms. The van der Waals surface area contributed by atoms with Crippen molar-refractivity contribution in [3.63, 3.8) is 0 Å². The molecule has 0 fully saturated rings. The first kappa shape index (κ1) is 27.9. The van der Waals surface area contributed by atoms with Gasteiger partial charge in [0.25, 0.3) is 0 Å². The number of nitrogens with one attached hydrogen (secondary N) is 3. The molecule has 0 aromatic heterocycles. The number of hydrogen-bond acceptors (Lipinski definition) is 8. The van der Waals surface area contributed by atoms with Crippen molar-refractivity contribution in [2.75, 3.05) is 37.1 Å². The Balaban J connectivity index is 1.52. The third-order valence-electron chi connectivity index (χ3n) is 5.36. The van der Waals surface area contributed by atoms with Crippen molar-refractivity contribution in [3.05, 3.63) is 77.6 Å². The number of hydrogen-bond donors (Lipinski definition) is 4. The average molecular weight is 525 g/mol. The number of nitrogen functional groups attached to an aromatic ring is 1. The van der Waals surface area contributed by atoms with Gasteiger partial charge in [-0.15, -0.1) is 0 Å². The molecule has 0 saturated heterocycles. The van der Waals surface area contributed by atoms with E-state index in [0.717, 1.165) is 0 Å². The quantitative estimate of drug-likeness (QED) is 0.168. The van der Waals surface area contributed by atoms with Gasteiger partial charge in [-0.05, 0) is 55.0 Å². The second kappa shape index (κ2) is 13.1. The molecule has 0 bridgehead atoms. The maximum Gasteiger partial charge on any atom is 0.337 e. The molecule has 0 heterocycles. The van der Waals surface area contributed by atoms with Gasteiger partial charge in [0, 0.05) is 6.42 Å². The minimum atomic E-state index is -0.643. The molecule has 0 saturated carbocycles. The standard InChI is InChI=1S/C27H29FN4O6/c1-16(38-24-11-9-18(14-21(24)29)26(34)37-3)30-15-19(33)12-17-8-10-23(25(13-17)36-2)32-27(35)31-22-7-5-4-6-20(22)28/h4-11,13-14,16,30H,12,15,29H2,1-3H3,(H2,31,32,35). The van der Waals surface area contributed by atoms with Crippen LogP contribution in [0.3, 0.4) is 0 Å². The van der Waals surface area contributed by atoms with Crippen LogP contribution in [-0.4, -0.2) is 44.8 Å². The Morgan fingerprint density at radius 2 is 1.68 bits per heavy atom.